The Bertz CT molecular complexity index is 746. The molecule has 0 bridgehead atoms. The van der Waals surface area contributed by atoms with Crippen LogP contribution in [-0.2, 0) is 24.8 Å². The minimum Gasteiger partial charge on any atom is -0.353 e. The van der Waals surface area contributed by atoms with Gasteiger partial charge in [0.25, 0.3) is 0 Å². The summed E-state index contributed by atoms with van der Waals surface area (Å²) in [5.41, 5.74) is 2.80. The summed E-state index contributed by atoms with van der Waals surface area (Å²) >= 11 is 0. The highest BCUT2D eigenvalue weighted by Gasteiger charge is 2.41. The monoisotopic (exact) mass is 352 g/mol. The third kappa shape index (κ3) is 3.68. The average Bonchev–Trinajstić information content (AvgIpc) is 3.23. The summed E-state index contributed by atoms with van der Waals surface area (Å²) in [5, 5.41) is 0. The molecule has 138 valence electrons. The van der Waals surface area contributed by atoms with E-state index < -0.39 is 0 Å². The molecule has 0 atom stereocenters. The Morgan fingerprint density at radius 2 is 1.96 bits per heavy atom. The van der Waals surface area contributed by atoms with Crippen molar-refractivity contribution in [2.75, 3.05) is 26.2 Å². The van der Waals surface area contributed by atoms with Crippen molar-refractivity contribution in [1.29, 1.82) is 0 Å². The molecule has 2 saturated heterocycles. The van der Waals surface area contributed by atoms with Gasteiger partial charge in [-0.1, -0.05) is 6.07 Å². The Morgan fingerprint density at radius 3 is 2.65 bits per heavy atom. The van der Waals surface area contributed by atoms with Crippen molar-refractivity contribution in [3.8, 4) is 0 Å². The lowest BCUT2D eigenvalue weighted by atomic mass is 9.77. The van der Waals surface area contributed by atoms with Gasteiger partial charge in [0, 0.05) is 57.5 Å². The summed E-state index contributed by atoms with van der Waals surface area (Å²) < 4.78 is 2.21. The van der Waals surface area contributed by atoms with Crippen molar-refractivity contribution < 1.29 is 4.79 Å². The van der Waals surface area contributed by atoms with E-state index in [9.17, 15) is 4.79 Å². The molecule has 2 aromatic rings. The molecule has 0 aromatic carbocycles. The number of piperidine rings is 1. The first-order chi connectivity index (χ1) is 12.6. The van der Waals surface area contributed by atoms with E-state index in [2.05, 4.69) is 44.7 Å². The van der Waals surface area contributed by atoms with Crippen LogP contribution in [0, 0.1) is 5.41 Å². The number of aromatic nitrogens is 2. The van der Waals surface area contributed by atoms with E-state index in [0.29, 0.717) is 11.8 Å². The van der Waals surface area contributed by atoms with E-state index in [0.717, 1.165) is 38.0 Å². The first kappa shape index (κ1) is 17.3. The lowest BCUT2D eigenvalue weighted by molar-refractivity contribution is -0.132. The van der Waals surface area contributed by atoms with Crippen LogP contribution in [0.15, 0.2) is 42.9 Å². The van der Waals surface area contributed by atoms with E-state index >= 15 is 0 Å². The van der Waals surface area contributed by atoms with Crippen molar-refractivity contribution in [2.45, 2.75) is 32.2 Å². The summed E-state index contributed by atoms with van der Waals surface area (Å²) in [6, 6.07) is 8.21. The third-order valence-electron chi connectivity index (χ3n) is 6.21. The summed E-state index contributed by atoms with van der Waals surface area (Å²) in [6.45, 7) is 5.18. The number of carbonyl (C=O) groups is 1. The zero-order valence-electron chi connectivity index (χ0n) is 15.6. The predicted molar refractivity (Wildman–Crippen MR) is 101 cm³/mol. The molecule has 2 aliphatic heterocycles. The molecule has 0 aliphatic carbocycles. The van der Waals surface area contributed by atoms with Gasteiger partial charge >= 0.3 is 0 Å². The zero-order chi connectivity index (χ0) is 18.0. The molecule has 0 saturated carbocycles. The normalized spacial score (nSPS) is 20.0. The highest BCUT2D eigenvalue weighted by Crippen LogP contribution is 2.40. The van der Waals surface area contributed by atoms with E-state index in [1.165, 1.54) is 25.2 Å². The van der Waals surface area contributed by atoms with Gasteiger partial charge in [0.05, 0.1) is 6.42 Å². The van der Waals surface area contributed by atoms with Gasteiger partial charge in [0.1, 0.15) is 0 Å². The number of carbonyl (C=O) groups excluding carboxylic acids is 1. The Morgan fingerprint density at radius 1 is 1.15 bits per heavy atom. The maximum Gasteiger partial charge on any atom is 0.227 e. The number of pyridine rings is 1. The summed E-state index contributed by atoms with van der Waals surface area (Å²) in [4.78, 5) is 21.3. The molecular formula is C21H28N4O. The van der Waals surface area contributed by atoms with Gasteiger partial charge < -0.3 is 9.47 Å². The number of likely N-dealkylation sites (tertiary alicyclic amines) is 2. The fourth-order valence-corrected chi connectivity index (χ4v) is 4.48. The summed E-state index contributed by atoms with van der Waals surface area (Å²) in [5.74, 6) is 0.242. The first-order valence-electron chi connectivity index (χ1n) is 9.63. The molecule has 5 nitrogen and oxygen atoms in total. The maximum absolute atomic E-state index is 12.6. The average molecular weight is 352 g/mol. The van der Waals surface area contributed by atoms with Crippen LogP contribution in [0.5, 0.6) is 0 Å². The maximum atomic E-state index is 12.6. The predicted octanol–water partition coefficient (Wildman–Crippen LogP) is 2.48. The van der Waals surface area contributed by atoms with Crippen LogP contribution in [0.25, 0.3) is 0 Å². The minimum absolute atomic E-state index is 0.242. The number of hydrogen-bond donors (Lipinski definition) is 0. The van der Waals surface area contributed by atoms with Crippen molar-refractivity contribution in [1.82, 2.24) is 19.4 Å². The standard InChI is InChI=1S/C21H28N4O/c1-23-10-3-5-19(23)16-24-11-6-21(17-24)7-12-25(13-8-21)20(26)14-18-4-2-9-22-15-18/h2-5,9-10,15H,6-8,11-14,16-17H2,1H3. The van der Waals surface area contributed by atoms with Crippen LogP contribution in [0.4, 0.5) is 0 Å². The van der Waals surface area contributed by atoms with Gasteiger partial charge in [-0.3, -0.25) is 14.7 Å². The summed E-state index contributed by atoms with van der Waals surface area (Å²) in [6.07, 6.45) is 9.67. The first-order valence-corrected chi connectivity index (χ1v) is 9.63. The van der Waals surface area contributed by atoms with Crippen LogP contribution in [0.3, 0.4) is 0 Å². The van der Waals surface area contributed by atoms with Crippen LogP contribution in [0.2, 0.25) is 0 Å². The SMILES string of the molecule is Cn1cccc1CN1CCC2(CCN(C(=O)Cc3cccnc3)CC2)C1. The Labute approximate surface area is 155 Å². The minimum atomic E-state index is 0.242. The number of aryl methyl sites for hydroxylation is 1. The fourth-order valence-electron chi connectivity index (χ4n) is 4.48. The fraction of sp³-hybridized carbons (Fsp3) is 0.524. The van der Waals surface area contributed by atoms with E-state index in [-0.39, 0.29) is 5.91 Å². The zero-order valence-corrected chi connectivity index (χ0v) is 15.6. The Hall–Kier alpha value is -2.14. The molecule has 1 spiro atoms. The van der Waals surface area contributed by atoms with E-state index in [1.807, 2.05) is 12.1 Å². The molecule has 1 amide bonds. The molecule has 4 rings (SSSR count). The summed E-state index contributed by atoms with van der Waals surface area (Å²) in [7, 11) is 2.12. The van der Waals surface area contributed by atoms with Crippen LogP contribution < -0.4 is 0 Å². The van der Waals surface area contributed by atoms with Crippen molar-refractivity contribution in [2.24, 2.45) is 12.5 Å². The molecule has 0 radical (unpaired) electrons. The van der Waals surface area contributed by atoms with Gasteiger partial charge in [-0.05, 0) is 55.0 Å². The molecule has 2 fully saturated rings. The third-order valence-corrected chi connectivity index (χ3v) is 6.21. The van der Waals surface area contributed by atoms with E-state index in [4.69, 9.17) is 0 Å². The quantitative estimate of drug-likeness (QED) is 0.849. The van der Waals surface area contributed by atoms with Gasteiger partial charge in [-0.15, -0.1) is 0 Å². The second kappa shape index (κ2) is 7.23. The number of nitrogens with zero attached hydrogens (tertiary/aromatic N) is 4. The van der Waals surface area contributed by atoms with Crippen LogP contribution in [0.1, 0.15) is 30.5 Å². The number of hydrogen-bond acceptors (Lipinski definition) is 3. The second-order valence-corrected chi connectivity index (χ2v) is 7.99. The van der Waals surface area contributed by atoms with Crippen LogP contribution >= 0.6 is 0 Å². The van der Waals surface area contributed by atoms with Gasteiger partial charge in [-0.2, -0.15) is 0 Å². The topological polar surface area (TPSA) is 41.4 Å². The van der Waals surface area contributed by atoms with Crippen molar-refractivity contribution >= 4 is 5.91 Å². The molecule has 2 aromatic heterocycles. The van der Waals surface area contributed by atoms with Gasteiger partial charge in [0.15, 0.2) is 0 Å². The molecule has 5 heteroatoms. The molecule has 26 heavy (non-hydrogen) atoms. The molecule has 0 unspecified atom stereocenters. The second-order valence-electron chi connectivity index (χ2n) is 7.99. The van der Waals surface area contributed by atoms with Crippen molar-refractivity contribution in [3.63, 3.8) is 0 Å². The lowest BCUT2D eigenvalue weighted by Gasteiger charge is -2.39. The smallest absolute Gasteiger partial charge is 0.227 e. The number of rotatable bonds is 4. The van der Waals surface area contributed by atoms with Gasteiger partial charge in [0.2, 0.25) is 5.91 Å². The van der Waals surface area contributed by atoms with Gasteiger partial charge in [-0.25, -0.2) is 0 Å². The Balaban J connectivity index is 1.29. The highest BCUT2D eigenvalue weighted by atomic mass is 16.2. The highest BCUT2D eigenvalue weighted by molar-refractivity contribution is 5.78. The Kier molecular flexibility index (Phi) is 4.81. The molecule has 4 heterocycles. The van der Waals surface area contributed by atoms with Crippen LogP contribution in [-0.4, -0.2) is 51.4 Å². The van der Waals surface area contributed by atoms with E-state index in [1.54, 1.807) is 12.4 Å². The largest absolute Gasteiger partial charge is 0.353 e. The molecule has 0 N–H and O–H groups in total. The number of amides is 1. The van der Waals surface area contributed by atoms with Crippen molar-refractivity contribution in [3.05, 3.63) is 54.1 Å². The lowest BCUT2D eigenvalue weighted by Crippen LogP contribution is -2.44. The molecular weight excluding hydrogens is 324 g/mol. The molecule has 2 aliphatic rings.